The number of hydrogen-bond acceptors (Lipinski definition) is 4. The number of nitrogens with one attached hydrogen (secondary N) is 1. The molecular weight excluding hydrogens is 262 g/mol. The Morgan fingerprint density at radius 2 is 2.32 bits per heavy atom. The number of fused-ring (bicyclic) bond motifs is 1. The van der Waals surface area contributed by atoms with E-state index >= 15 is 0 Å². The number of imidazole rings is 1. The summed E-state index contributed by atoms with van der Waals surface area (Å²) in [6.07, 6.45) is 3.58. The monoisotopic (exact) mass is 273 g/mol. The van der Waals surface area contributed by atoms with Crippen molar-refractivity contribution in [2.75, 3.05) is 0 Å². The topological polar surface area (TPSA) is 66.6 Å². The van der Waals surface area contributed by atoms with E-state index < -0.39 is 0 Å². The molecule has 1 amide bonds. The van der Waals surface area contributed by atoms with Crippen LogP contribution in [0.5, 0.6) is 5.75 Å². The molecule has 96 valence electrons. The molecule has 5 nitrogen and oxygen atoms in total. The summed E-state index contributed by atoms with van der Waals surface area (Å²) in [5.74, 6) is 0.00890. The van der Waals surface area contributed by atoms with Crippen LogP contribution in [0, 0.1) is 0 Å². The quantitative estimate of drug-likeness (QED) is 0.767. The molecule has 3 aromatic rings. The highest BCUT2D eigenvalue weighted by molar-refractivity contribution is 7.12. The number of thiophene rings is 1. The third kappa shape index (κ3) is 2.30. The second-order valence-corrected chi connectivity index (χ2v) is 4.96. The number of hydrogen-bond donors (Lipinski definition) is 2. The van der Waals surface area contributed by atoms with E-state index in [9.17, 15) is 9.90 Å². The predicted octanol–water partition coefficient (Wildman–Crippen LogP) is 2.03. The van der Waals surface area contributed by atoms with Crippen LogP contribution in [0.4, 0.5) is 0 Å². The van der Waals surface area contributed by atoms with E-state index in [4.69, 9.17) is 0 Å². The number of rotatable bonds is 3. The molecule has 3 heterocycles. The summed E-state index contributed by atoms with van der Waals surface area (Å²) < 4.78 is 1.72. The first-order chi connectivity index (χ1) is 9.24. The number of carbonyl (C=O) groups excluding carboxylic acids is 1. The molecule has 0 saturated heterocycles. The van der Waals surface area contributed by atoms with E-state index in [2.05, 4.69) is 10.3 Å². The number of carbonyl (C=O) groups is 1. The van der Waals surface area contributed by atoms with Gasteiger partial charge < -0.3 is 14.8 Å². The summed E-state index contributed by atoms with van der Waals surface area (Å²) in [5, 5.41) is 14.3. The molecule has 0 unspecified atom stereocenters. The molecule has 3 aromatic heterocycles. The zero-order valence-corrected chi connectivity index (χ0v) is 10.7. The van der Waals surface area contributed by atoms with E-state index in [1.165, 1.54) is 11.3 Å². The largest absolute Gasteiger partial charge is 0.504 e. The summed E-state index contributed by atoms with van der Waals surface area (Å²) in [7, 11) is 0. The summed E-state index contributed by atoms with van der Waals surface area (Å²) in [5.41, 5.74) is 1.19. The minimum absolute atomic E-state index is 0.115. The van der Waals surface area contributed by atoms with Crippen LogP contribution in [0.15, 0.2) is 42.0 Å². The lowest BCUT2D eigenvalue weighted by Crippen LogP contribution is -2.21. The third-order valence-corrected chi connectivity index (χ3v) is 3.56. The highest BCUT2D eigenvalue weighted by Crippen LogP contribution is 2.16. The number of aromatic nitrogens is 2. The van der Waals surface area contributed by atoms with Crippen molar-refractivity contribution in [2.45, 2.75) is 6.54 Å². The summed E-state index contributed by atoms with van der Waals surface area (Å²) in [4.78, 5) is 16.7. The Hall–Kier alpha value is -2.34. The minimum Gasteiger partial charge on any atom is -0.504 e. The van der Waals surface area contributed by atoms with Crippen molar-refractivity contribution >= 4 is 22.9 Å². The van der Waals surface area contributed by atoms with Crippen LogP contribution in [0.25, 0.3) is 5.65 Å². The third-order valence-electron chi connectivity index (χ3n) is 2.69. The normalized spacial score (nSPS) is 10.7. The van der Waals surface area contributed by atoms with E-state index in [1.807, 2.05) is 11.4 Å². The fourth-order valence-corrected chi connectivity index (χ4v) is 2.44. The minimum atomic E-state index is -0.115. The fourth-order valence-electron chi connectivity index (χ4n) is 1.80. The maximum atomic E-state index is 11.8. The number of pyridine rings is 1. The zero-order valence-electron chi connectivity index (χ0n) is 9.91. The highest BCUT2D eigenvalue weighted by atomic mass is 32.1. The van der Waals surface area contributed by atoms with Gasteiger partial charge in [-0.1, -0.05) is 6.07 Å². The lowest BCUT2D eigenvalue weighted by atomic mass is 10.4. The van der Waals surface area contributed by atoms with E-state index in [-0.39, 0.29) is 11.7 Å². The van der Waals surface area contributed by atoms with E-state index in [0.29, 0.717) is 22.8 Å². The molecule has 0 spiro atoms. The Bertz CT molecular complexity index is 719. The van der Waals surface area contributed by atoms with Crippen molar-refractivity contribution in [3.8, 4) is 5.75 Å². The first-order valence-corrected chi connectivity index (χ1v) is 6.59. The maximum Gasteiger partial charge on any atom is 0.261 e. The van der Waals surface area contributed by atoms with Gasteiger partial charge in [-0.15, -0.1) is 11.3 Å². The molecule has 19 heavy (non-hydrogen) atoms. The average molecular weight is 273 g/mol. The molecule has 6 heteroatoms. The van der Waals surface area contributed by atoms with Gasteiger partial charge in [-0.05, 0) is 23.6 Å². The molecule has 2 N–H and O–H groups in total. The molecule has 0 aromatic carbocycles. The van der Waals surface area contributed by atoms with Crippen LogP contribution in [0.1, 0.15) is 15.4 Å². The first-order valence-electron chi connectivity index (χ1n) is 5.71. The Morgan fingerprint density at radius 3 is 3.05 bits per heavy atom. The Labute approximate surface area is 113 Å². The standard InChI is InChI=1S/C13H11N3O2S/c17-10-3-1-5-16-8-9(15-12(10)16)7-14-13(18)11-4-2-6-19-11/h1-6,8,17H,7H2,(H,14,18). The molecular formula is C13H11N3O2S. The molecule has 0 aliphatic rings. The van der Waals surface area contributed by atoms with Gasteiger partial charge in [-0.2, -0.15) is 0 Å². The van der Waals surface area contributed by atoms with Crippen LogP contribution in [-0.4, -0.2) is 20.4 Å². The van der Waals surface area contributed by atoms with Crippen LogP contribution < -0.4 is 5.32 Å². The van der Waals surface area contributed by atoms with Crippen molar-refractivity contribution in [3.05, 3.63) is 52.6 Å². The van der Waals surface area contributed by atoms with Gasteiger partial charge >= 0.3 is 0 Å². The molecule has 3 rings (SSSR count). The fraction of sp³-hybridized carbons (Fsp3) is 0.0769. The molecule has 0 aliphatic heterocycles. The van der Waals surface area contributed by atoms with Crippen LogP contribution in [0.2, 0.25) is 0 Å². The van der Waals surface area contributed by atoms with Gasteiger partial charge in [0.1, 0.15) is 0 Å². The van der Waals surface area contributed by atoms with Crippen molar-refractivity contribution in [2.24, 2.45) is 0 Å². The van der Waals surface area contributed by atoms with Crippen molar-refractivity contribution in [1.82, 2.24) is 14.7 Å². The number of aromatic hydroxyl groups is 1. The number of nitrogens with zero attached hydrogens (tertiary/aromatic N) is 2. The SMILES string of the molecule is O=C(NCc1cn2cccc(O)c2n1)c1cccs1. The highest BCUT2D eigenvalue weighted by Gasteiger charge is 2.08. The van der Waals surface area contributed by atoms with Gasteiger partial charge in [-0.3, -0.25) is 4.79 Å². The Balaban J connectivity index is 1.75. The average Bonchev–Trinajstić information content (AvgIpc) is 3.05. The number of amides is 1. The van der Waals surface area contributed by atoms with Crippen LogP contribution in [0.3, 0.4) is 0 Å². The summed E-state index contributed by atoms with van der Waals surface area (Å²) in [6, 6.07) is 6.92. The second-order valence-electron chi connectivity index (χ2n) is 4.02. The van der Waals surface area contributed by atoms with E-state index in [0.717, 1.165) is 0 Å². The van der Waals surface area contributed by atoms with Gasteiger partial charge in [0.2, 0.25) is 0 Å². The van der Waals surface area contributed by atoms with E-state index in [1.54, 1.807) is 35.0 Å². The van der Waals surface area contributed by atoms with Crippen molar-refractivity contribution < 1.29 is 9.90 Å². The summed E-state index contributed by atoms with van der Waals surface area (Å²) in [6.45, 7) is 0.331. The lowest BCUT2D eigenvalue weighted by molar-refractivity contribution is 0.0954. The van der Waals surface area contributed by atoms with Gasteiger partial charge in [0, 0.05) is 12.4 Å². The van der Waals surface area contributed by atoms with Gasteiger partial charge in [0.25, 0.3) is 5.91 Å². The molecule has 0 radical (unpaired) electrons. The Morgan fingerprint density at radius 1 is 1.42 bits per heavy atom. The van der Waals surface area contributed by atoms with Crippen LogP contribution in [-0.2, 0) is 6.54 Å². The lowest BCUT2D eigenvalue weighted by Gasteiger charge is -1.99. The van der Waals surface area contributed by atoms with Crippen LogP contribution >= 0.6 is 11.3 Å². The van der Waals surface area contributed by atoms with Gasteiger partial charge in [0.15, 0.2) is 11.4 Å². The Kier molecular flexibility index (Phi) is 2.92. The molecule has 0 fully saturated rings. The molecule has 0 aliphatic carbocycles. The maximum absolute atomic E-state index is 11.8. The van der Waals surface area contributed by atoms with Gasteiger partial charge in [0.05, 0.1) is 17.1 Å². The molecule has 0 atom stereocenters. The predicted molar refractivity (Wildman–Crippen MR) is 72.3 cm³/mol. The summed E-state index contributed by atoms with van der Waals surface area (Å²) >= 11 is 1.40. The first kappa shape index (κ1) is 11.7. The van der Waals surface area contributed by atoms with Gasteiger partial charge in [-0.25, -0.2) is 4.98 Å². The molecule has 0 saturated carbocycles. The smallest absolute Gasteiger partial charge is 0.261 e. The van der Waals surface area contributed by atoms with Crippen molar-refractivity contribution in [1.29, 1.82) is 0 Å². The van der Waals surface area contributed by atoms with Crippen molar-refractivity contribution in [3.63, 3.8) is 0 Å². The second kappa shape index (κ2) is 4.74. The molecule has 0 bridgehead atoms. The zero-order chi connectivity index (χ0) is 13.2.